The summed E-state index contributed by atoms with van der Waals surface area (Å²) in [6.45, 7) is 3.04. The second kappa shape index (κ2) is 6.02. The molecule has 0 aromatic heterocycles. The monoisotopic (exact) mass is 230 g/mol. The smallest absolute Gasteiger partial charge is 0.220 e. The molecule has 0 spiro atoms. The molecule has 3 N–H and O–H groups in total. The van der Waals surface area contributed by atoms with Crippen LogP contribution in [0.5, 0.6) is 0 Å². The second-order valence-corrected chi connectivity index (χ2v) is 4.39. The first-order valence-corrected chi connectivity index (χ1v) is 5.69. The molecule has 1 rings (SSSR count). The Balaban J connectivity index is 2.06. The van der Waals surface area contributed by atoms with Gasteiger partial charge < -0.3 is 15.8 Å². The van der Waals surface area contributed by atoms with Crippen LogP contribution in [0, 0.1) is 5.92 Å². The van der Waals surface area contributed by atoms with Crippen molar-refractivity contribution in [1.82, 2.24) is 5.32 Å². The highest BCUT2D eigenvalue weighted by Crippen LogP contribution is 2.32. The lowest BCUT2D eigenvalue weighted by Gasteiger charge is -2.34. The number of amides is 1. The second-order valence-electron chi connectivity index (χ2n) is 3.86. The maximum absolute atomic E-state index is 11.3. The Labute approximate surface area is 95.5 Å². The molecule has 15 heavy (non-hydrogen) atoms. The van der Waals surface area contributed by atoms with E-state index >= 15 is 0 Å². The molecule has 5 heteroatoms. The largest absolute Gasteiger partial charge is 0.392 e. The first-order chi connectivity index (χ1) is 7.11. The lowest BCUT2D eigenvalue weighted by atomic mass is 9.80. The van der Waals surface area contributed by atoms with E-state index in [4.69, 9.17) is 10.5 Å². The fourth-order valence-electron chi connectivity index (χ4n) is 1.73. The van der Waals surface area contributed by atoms with Gasteiger partial charge in [0.1, 0.15) is 0 Å². The molecule has 0 heterocycles. The Morgan fingerprint density at radius 2 is 2.27 bits per heavy atom. The van der Waals surface area contributed by atoms with E-state index in [9.17, 15) is 4.79 Å². The van der Waals surface area contributed by atoms with Gasteiger partial charge in [-0.15, -0.1) is 0 Å². The van der Waals surface area contributed by atoms with Gasteiger partial charge in [0.05, 0.1) is 17.6 Å². The van der Waals surface area contributed by atoms with E-state index in [2.05, 4.69) is 17.5 Å². The molecular weight excluding hydrogens is 212 g/mol. The Bertz CT molecular complexity index is 240. The lowest BCUT2D eigenvalue weighted by Crippen LogP contribution is -2.38. The number of hydrogen-bond acceptors (Lipinski definition) is 3. The Kier molecular flexibility index (Phi) is 4.98. The zero-order valence-corrected chi connectivity index (χ0v) is 9.81. The van der Waals surface area contributed by atoms with Gasteiger partial charge in [-0.05, 0) is 25.7 Å². The van der Waals surface area contributed by atoms with Gasteiger partial charge >= 0.3 is 0 Å². The van der Waals surface area contributed by atoms with Gasteiger partial charge in [-0.1, -0.05) is 12.2 Å². The average molecular weight is 230 g/mol. The molecule has 0 atom stereocenters. The summed E-state index contributed by atoms with van der Waals surface area (Å²) in [4.78, 5) is 11.7. The third-order valence-corrected chi connectivity index (χ3v) is 2.67. The molecule has 1 saturated carbocycles. The molecule has 0 unspecified atom stereocenters. The van der Waals surface area contributed by atoms with E-state index < -0.39 is 0 Å². The molecule has 1 aliphatic carbocycles. The van der Waals surface area contributed by atoms with Gasteiger partial charge in [0.15, 0.2) is 0 Å². The van der Waals surface area contributed by atoms with Crippen LogP contribution < -0.4 is 11.1 Å². The predicted octanol–water partition coefficient (Wildman–Crippen LogP) is 0.594. The number of ether oxygens (including phenoxy) is 1. The van der Waals surface area contributed by atoms with E-state index in [1.54, 1.807) is 0 Å². The minimum atomic E-state index is 0.0303. The predicted molar refractivity (Wildman–Crippen MR) is 62.6 cm³/mol. The van der Waals surface area contributed by atoms with Crippen molar-refractivity contribution in [3.05, 3.63) is 0 Å². The minimum absolute atomic E-state index is 0.0303. The van der Waals surface area contributed by atoms with Gasteiger partial charge in [-0.25, -0.2) is 0 Å². The summed E-state index contributed by atoms with van der Waals surface area (Å²) < 4.78 is 5.42. The Morgan fingerprint density at radius 3 is 2.80 bits per heavy atom. The first kappa shape index (κ1) is 12.4. The first-order valence-electron chi connectivity index (χ1n) is 5.28. The molecule has 1 amide bonds. The van der Waals surface area contributed by atoms with Crippen LogP contribution in [0.2, 0.25) is 0 Å². The third-order valence-electron chi connectivity index (χ3n) is 2.53. The van der Waals surface area contributed by atoms with Crippen molar-refractivity contribution in [2.45, 2.75) is 32.3 Å². The molecule has 0 aromatic rings. The SMILES string of the molecule is CCOC1CC(CC(=O)NCC(N)=S)C1. The Morgan fingerprint density at radius 1 is 1.60 bits per heavy atom. The molecule has 1 aliphatic rings. The molecule has 0 aromatic carbocycles. The zero-order chi connectivity index (χ0) is 11.3. The number of nitrogens with one attached hydrogen (secondary N) is 1. The van der Waals surface area contributed by atoms with Crippen molar-refractivity contribution in [1.29, 1.82) is 0 Å². The quantitative estimate of drug-likeness (QED) is 0.656. The summed E-state index contributed by atoms with van der Waals surface area (Å²) >= 11 is 4.67. The lowest BCUT2D eigenvalue weighted by molar-refractivity contribution is -0.124. The van der Waals surface area contributed by atoms with E-state index in [0.717, 1.165) is 19.4 Å². The highest BCUT2D eigenvalue weighted by atomic mass is 32.1. The van der Waals surface area contributed by atoms with Crippen LogP contribution in [0.3, 0.4) is 0 Å². The zero-order valence-electron chi connectivity index (χ0n) is 8.99. The van der Waals surface area contributed by atoms with Crippen LogP contribution in [0.1, 0.15) is 26.2 Å². The molecular formula is C10H18N2O2S. The number of rotatable bonds is 6. The van der Waals surface area contributed by atoms with Gasteiger partial charge in [-0.3, -0.25) is 4.79 Å². The maximum Gasteiger partial charge on any atom is 0.220 e. The number of carbonyl (C=O) groups is 1. The van der Waals surface area contributed by atoms with Gasteiger partial charge in [0.25, 0.3) is 0 Å². The van der Waals surface area contributed by atoms with Gasteiger partial charge in [0.2, 0.25) is 5.91 Å². The van der Waals surface area contributed by atoms with Crippen LogP contribution in [-0.4, -0.2) is 30.2 Å². The van der Waals surface area contributed by atoms with E-state index in [-0.39, 0.29) is 5.91 Å². The molecule has 0 radical (unpaired) electrons. The van der Waals surface area contributed by atoms with Crippen LogP contribution >= 0.6 is 12.2 Å². The Hall–Kier alpha value is -0.680. The van der Waals surface area contributed by atoms with E-state index in [1.165, 1.54) is 0 Å². The standard InChI is InChI=1S/C10H18N2O2S/c1-2-14-8-3-7(4-8)5-10(13)12-6-9(11)15/h7-8H,2-6H2,1H3,(H2,11,15)(H,12,13). The number of thiocarbonyl (C=S) groups is 1. The maximum atomic E-state index is 11.3. The van der Waals surface area contributed by atoms with Gasteiger partial charge in [0, 0.05) is 13.0 Å². The molecule has 0 bridgehead atoms. The number of carbonyl (C=O) groups excluding carboxylic acids is 1. The van der Waals surface area contributed by atoms with Crippen molar-refractivity contribution >= 4 is 23.1 Å². The van der Waals surface area contributed by atoms with Crippen molar-refractivity contribution in [2.75, 3.05) is 13.2 Å². The molecule has 1 fully saturated rings. The summed E-state index contributed by atoms with van der Waals surface area (Å²) in [5.41, 5.74) is 5.28. The number of hydrogen-bond donors (Lipinski definition) is 2. The highest BCUT2D eigenvalue weighted by molar-refractivity contribution is 7.80. The highest BCUT2D eigenvalue weighted by Gasteiger charge is 2.30. The van der Waals surface area contributed by atoms with E-state index in [0.29, 0.717) is 30.0 Å². The van der Waals surface area contributed by atoms with Crippen molar-refractivity contribution < 1.29 is 9.53 Å². The van der Waals surface area contributed by atoms with Crippen LogP contribution in [0.25, 0.3) is 0 Å². The summed E-state index contributed by atoms with van der Waals surface area (Å²) in [6, 6.07) is 0. The van der Waals surface area contributed by atoms with Crippen molar-refractivity contribution in [3.63, 3.8) is 0 Å². The average Bonchev–Trinajstić information content (AvgIpc) is 2.11. The third kappa shape index (κ3) is 4.57. The summed E-state index contributed by atoms with van der Waals surface area (Å²) in [5.74, 6) is 0.496. The van der Waals surface area contributed by atoms with Crippen LogP contribution in [0.15, 0.2) is 0 Å². The van der Waals surface area contributed by atoms with Crippen LogP contribution in [0.4, 0.5) is 0 Å². The van der Waals surface area contributed by atoms with Crippen molar-refractivity contribution in [2.24, 2.45) is 11.7 Å². The summed E-state index contributed by atoms with van der Waals surface area (Å²) in [7, 11) is 0. The van der Waals surface area contributed by atoms with Crippen molar-refractivity contribution in [3.8, 4) is 0 Å². The minimum Gasteiger partial charge on any atom is -0.392 e. The fourth-order valence-corrected chi connectivity index (χ4v) is 1.81. The molecule has 0 aliphatic heterocycles. The van der Waals surface area contributed by atoms with E-state index in [1.807, 2.05) is 6.92 Å². The normalized spacial score (nSPS) is 24.3. The molecule has 0 saturated heterocycles. The number of nitrogens with two attached hydrogens (primary N) is 1. The fraction of sp³-hybridized carbons (Fsp3) is 0.800. The topological polar surface area (TPSA) is 64.3 Å². The molecule has 4 nitrogen and oxygen atoms in total. The molecule has 86 valence electrons. The van der Waals surface area contributed by atoms with Crippen LogP contribution in [-0.2, 0) is 9.53 Å². The summed E-state index contributed by atoms with van der Waals surface area (Å²) in [6.07, 6.45) is 2.91. The summed E-state index contributed by atoms with van der Waals surface area (Å²) in [5, 5.41) is 2.68. The van der Waals surface area contributed by atoms with Gasteiger partial charge in [-0.2, -0.15) is 0 Å².